The summed E-state index contributed by atoms with van der Waals surface area (Å²) in [6.45, 7) is -0.125. The average Bonchev–Trinajstić information content (AvgIpc) is 2.70. The Bertz CT molecular complexity index is 1390. The molecule has 0 amide bonds. The molecular weight excluding hydrogens is 489 g/mol. The standard InChI is InChI=1S/C20H13ClF5N5O3/c1-19(22,23)14-7-12(29-30-17(14)32)8-31-9-28-16(20(24,25)26)15(18(31)33)34-13-5-10(2-3-27)4-11(21)6-13/h4-7,9H,2,8H2,1H3,(H,30,32). The Morgan fingerprint density at radius 2 is 1.88 bits per heavy atom. The second-order valence-corrected chi connectivity index (χ2v) is 7.51. The number of alkyl halides is 5. The fraction of sp³-hybridized carbons (Fsp3) is 0.250. The van der Waals surface area contributed by atoms with E-state index in [0.29, 0.717) is 23.4 Å². The van der Waals surface area contributed by atoms with Crippen molar-refractivity contribution >= 4 is 11.6 Å². The highest BCUT2D eigenvalue weighted by molar-refractivity contribution is 6.30. The Morgan fingerprint density at radius 1 is 1.18 bits per heavy atom. The van der Waals surface area contributed by atoms with E-state index in [-0.39, 0.29) is 22.9 Å². The van der Waals surface area contributed by atoms with Crippen LogP contribution < -0.4 is 15.9 Å². The maximum Gasteiger partial charge on any atom is 0.437 e. The van der Waals surface area contributed by atoms with E-state index in [0.717, 1.165) is 12.1 Å². The monoisotopic (exact) mass is 501 g/mol. The SMILES string of the molecule is CC(F)(F)c1cc(Cn2cnc(C(F)(F)F)c(Oc3cc(Cl)cc(CC#N)c3)c2=O)n[nH]c1=O. The first-order chi connectivity index (χ1) is 15.8. The summed E-state index contributed by atoms with van der Waals surface area (Å²) in [6, 6.07) is 6.34. The summed E-state index contributed by atoms with van der Waals surface area (Å²) in [6.07, 6.45) is -4.65. The van der Waals surface area contributed by atoms with E-state index in [1.165, 1.54) is 12.1 Å². The van der Waals surface area contributed by atoms with Gasteiger partial charge in [-0.25, -0.2) is 18.9 Å². The maximum atomic E-state index is 13.6. The van der Waals surface area contributed by atoms with Gasteiger partial charge in [-0.2, -0.15) is 23.5 Å². The maximum absolute atomic E-state index is 13.6. The van der Waals surface area contributed by atoms with E-state index >= 15 is 0 Å². The van der Waals surface area contributed by atoms with Crippen LogP contribution in [0, 0.1) is 11.3 Å². The van der Waals surface area contributed by atoms with Crippen LogP contribution in [-0.4, -0.2) is 19.7 Å². The van der Waals surface area contributed by atoms with Crippen molar-refractivity contribution in [1.82, 2.24) is 19.7 Å². The summed E-state index contributed by atoms with van der Waals surface area (Å²) in [4.78, 5) is 27.7. The molecule has 34 heavy (non-hydrogen) atoms. The number of rotatable bonds is 6. The van der Waals surface area contributed by atoms with Crippen molar-refractivity contribution in [3.63, 3.8) is 0 Å². The van der Waals surface area contributed by atoms with E-state index in [4.69, 9.17) is 21.6 Å². The molecule has 0 bridgehead atoms. The Morgan fingerprint density at radius 3 is 2.50 bits per heavy atom. The average molecular weight is 502 g/mol. The molecule has 0 fully saturated rings. The number of hydrogen-bond donors (Lipinski definition) is 1. The zero-order valence-electron chi connectivity index (χ0n) is 17.1. The number of benzene rings is 1. The van der Waals surface area contributed by atoms with E-state index in [1.54, 1.807) is 0 Å². The molecule has 2 heterocycles. The van der Waals surface area contributed by atoms with Gasteiger partial charge < -0.3 is 4.74 Å². The predicted octanol–water partition coefficient (Wildman–Crippen LogP) is 4.02. The normalized spacial score (nSPS) is 11.8. The number of ether oxygens (including phenoxy) is 1. The minimum atomic E-state index is -5.07. The Balaban J connectivity index is 2.09. The van der Waals surface area contributed by atoms with E-state index < -0.39 is 46.8 Å². The van der Waals surface area contributed by atoms with Crippen LogP contribution in [0.2, 0.25) is 5.02 Å². The number of H-pyrrole nitrogens is 1. The molecule has 2 aromatic heterocycles. The quantitative estimate of drug-likeness (QED) is 0.510. The second-order valence-electron chi connectivity index (χ2n) is 7.08. The van der Waals surface area contributed by atoms with Gasteiger partial charge in [0.2, 0.25) is 5.75 Å². The van der Waals surface area contributed by atoms with Crippen molar-refractivity contribution in [2.24, 2.45) is 0 Å². The van der Waals surface area contributed by atoms with Gasteiger partial charge >= 0.3 is 6.18 Å². The van der Waals surface area contributed by atoms with Gasteiger partial charge in [0.15, 0.2) is 5.69 Å². The van der Waals surface area contributed by atoms with Gasteiger partial charge in [-0.05, 0) is 29.8 Å². The third kappa shape index (κ3) is 5.57. The Hall–Kier alpha value is -3.79. The Kier molecular flexibility index (Phi) is 6.74. The molecule has 0 aliphatic rings. The lowest BCUT2D eigenvalue weighted by atomic mass is 10.1. The number of halogens is 6. The topological polar surface area (TPSA) is 114 Å². The van der Waals surface area contributed by atoms with Gasteiger partial charge in [0.05, 0.1) is 36.6 Å². The van der Waals surface area contributed by atoms with Crippen LogP contribution in [0.25, 0.3) is 0 Å². The van der Waals surface area contributed by atoms with Crippen molar-refractivity contribution < 1.29 is 26.7 Å². The lowest BCUT2D eigenvalue weighted by Gasteiger charge is -2.15. The fourth-order valence-electron chi connectivity index (χ4n) is 2.90. The van der Waals surface area contributed by atoms with Gasteiger partial charge in [-0.15, -0.1) is 0 Å². The molecule has 1 N–H and O–H groups in total. The summed E-state index contributed by atoms with van der Waals surface area (Å²) in [5, 5.41) is 14.3. The number of nitriles is 1. The first kappa shape index (κ1) is 24.8. The van der Waals surface area contributed by atoms with Crippen LogP contribution in [0.15, 0.2) is 40.2 Å². The van der Waals surface area contributed by atoms with Crippen LogP contribution in [-0.2, 0) is 25.1 Å². The van der Waals surface area contributed by atoms with Crippen LogP contribution >= 0.6 is 11.6 Å². The molecule has 178 valence electrons. The molecule has 0 radical (unpaired) electrons. The highest BCUT2D eigenvalue weighted by Crippen LogP contribution is 2.35. The van der Waals surface area contributed by atoms with Crippen LogP contribution in [0.5, 0.6) is 11.5 Å². The molecule has 0 unspecified atom stereocenters. The molecule has 0 aliphatic heterocycles. The number of aromatic amines is 1. The number of nitrogens with zero attached hydrogens (tertiary/aromatic N) is 4. The summed E-state index contributed by atoms with van der Waals surface area (Å²) in [5.41, 5.74) is -4.95. The van der Waals surface area contributed by atoms with Crippen LogP contribution in [0.4, 0.5) is 22.0 Å². The van der Waals surface area contributed by atoms with Gasteiger partial charge in [0, 0.05) is 11.9 Å². The van der Waals surface area contributed by atoms with Crippen LogP contribution in [0.1, 0.15) is 29.4 Å². The Labute approximate surface area is 192 Å². The number of aromatic nitrogens is 4. The van der Waals surface area contributed by atoms with Crippen molar-refractivity contribution in [3.05, 3.63) is 78.8 Å². The van der Waals surface area contributed by atoms with Gasteiger partial charge in [-0.1, -0.05) is 11.6 Å². The molecular formula is C20H13ClF5N5O3. The van der Waals surface area contributed by atoms with Crippen molar-refractivity contribution in [2.45, 2.75) is 32.0 Å². The highest BCUT2D eigenvalue weighted by atomic mass is 35.5. The molecule has 0 aliphatic carbocycles. The van der Waals surface area contributed by atoms with Crippen LogP contribution in [0.3, 0.4) is 0 Å². The first-order valence-corrected chi connectivity index (χ1v) is 9.65. The summed E-state index contributed by atoms with van der Waals surface area (Å²) in [5.74, 6) is -4.99. The largest absolute Gasteiger partial charge is 0.449 e. The molecule has 1 aromatic carbocycles. The number of nitrogens with one attached hydrogen (secondary N) is 1. The lowest BCUT2D eigenvalue weighted by molar-refractivity contribution is -0.142. The molecule has 8 nitrogen and oxygen atoms in total. The minimum Gasteiger partial charge on any atom is -0.449 e. The van der Waals surface area contributed by atoms with E-state index in [1.807, 2.05) is 11.2 Å². The smallest absolute Gasteiger partial charge is 0.437 e. The highest BCUT2D eigenvalue weighted by Gasteiger charge is 2.39. The molecule has 0 saturated heterocycles. The second kappa shape index (κ2) is 9.22. The zero-order chi connectivity index (χ0) is 25.3. The minimum absolute atomic E-state index is 0.0472. The zero-order valence-corrected chi connectivity index (χ0v) is 17.8. The van der Waals surface area contributed by atoms with E-state index in [2.05, 4.69) is 10.1 Å². The molecule has 14 heteroatoms. The predicted molar refractivity (Wildman–Crippen MR) is 108 cm³/mol. The van der Waals surface area contributed by atoms with Gasteiger partial charge in [0.25, 0.3) is 17.0 Å². The van der Waals surface area contributed by atoms with Gasteiger partial charge in [0.1, 0.15) is 5.75 Å². The van der Waals surface area contributed by atoms with Crippen molar-refractivity contribution in [1.29, 1.82) is 5.26 Å². The fourth-order valence-corrected chi connectivity index (χ4v) is 3.14. The third-order valence-corrected chi connectivity index (χ3v) is 4.58. The van der Waals surface area contributed by atoms with E-state index in [9.17, 15) is 31.5 Å². The summed E-state index contributed by atoms with van der Waals surface area (Å²) < 4.78 is 73.6. The molecule has 0 saturated carbocycles. The third-order valence-electron chi connectivity index (χ3n) is 4.36. The van der Waals surface area contributed by atoms with Crippen molar-refractivity contribution in [2.75, 3.05) is 0 Å². The lowest BCUT2D eigenvalue weighted by Crippen LogP contribution is -2.28. The molecule has 3 aromatic rings. The molecule has 3 rings (SSSR count). The molecule has 0 spiro atoms. The first-order valence-electron chi connectivity index (χ1n) is 9.27. The van der Waals surface area contributed by atoms with Crippen molar-refractivity contribution in [3.8, 4) is 17.6 Å². The molecule has 0 atom stereocenters. The summed E-state index contributed by atoms with van der Waals surface area (Å²) in [7, 11) is 0. The summed E-state index contributed by atoms with van der Waals surface area (Å²) >= 11 is 5.92. The number of hydrogen-bond acceptors (Lipinski definition) is 6. The van der Waals surface area contributed by atoms with Gasteiger partial charge in [-0.3, -0.25) is 14.2 Å².